The molecule has 0 spiro atoms. The number of benzene rings is 3. The monoisotopic (exact) mass is 444 g/mol. The molecule has 1 aromatic heterocycles. The van der Waals surface area contributed by atoms with Crippen molar-refractivity contribution in [2.45, 2.75) is 25.8 Å². The molecule has 0 aliphatic carbocycles. The standard InChI is InChI=1S/C27H29FN4O/c1-17-4-6-18(7-5-17)20-10-13-23-24(15-20)32-26(25(23)19-8-11-21(28)12-9-19)27(33)31-16-22(30)3-2-14-29/h4-13,15,22,32H,2-3,14,16,29-30H2,1H3,(H,31,33)/t22-/m1/s1. The van der Waals surface area contributed by atoms with Crippen molar-refractivity contribution in [3.63, 3.8) is 0 Å². The number of carbonyl (C=O) groups is 1. The van der Waals surface area contributed by atoms with Crippen LogP contribution < -0.4 is 16.8 Å². The molecule has 4 aromatic rings. The van der Waals surface area contributed by atoms with Crippen LogP contribution in [0.5, 0.6) is 0 Å². The van der Waals surface area contributed by atoms with Crippen LogP contribution in [0, 0.1) is 12.7 Å². The van der Waals surface area contributed by atoms with Crippen molar-refractivity contribution in [3.8, 4) is 22.3 Å². The van der Waals surface area contributed by atoms with Crippen molar-refractivity contribution in [1.29, 1.82) is 0 Å². The van der Waals surface area contributed by atoms with Gasteiger partial charge >= 0.3 is 0 Å². The van der Waals surface area contributed by atoms with E-state index in [2.05, 4.69) is 41.5 Å². The van der Waals surface area contributed by atoms with Crippen LogP contribution in [0.4, 0.5) is 4.39 Å². The Morgan fingerprint density at radius 3 is 2.36 bits per heavy atom. The minimum absolute atomic E-state index is 0.163. The molecule has 1 amide bonds. The van der Waals surface area contributed by atoms with Gasteiger partial charge in [0.2, 0.25) is 0 Å². The molecule has 0 bridgehead atoms. The molecule has 1 heterocycles. The highest BCUT2D eigenvalue weighted by molar-refractivity contribution is 6.10. The number of hydrogen-bond donors (Lipinski definition) is 4. The summed E-state index contributed by atoms with van der Waals surface area (Å²) in [5, 5.41) is 3.83. The number of rotatable bonds is 8. The maximum absolute atomic E-state index is 13.6. The van der Waals surface area contributed by atoms with E-state index in [-0.39, 0.29) is 17.8 Å². The van der Waals surface area contributed by atoms with Crippen LogP contribution in [0.3, 0.4) is 0 Å². The molecule has 6 heteroatoms. The van der Waals surface area contributed by atoms with Crippen molar-refractivity contribution in [2.24, 2.45) is 11.5 Å². The lowest BCUT2D eigenvalue weighted by molar-refractivity contribution is 0.0947. The number of amides is 1. The largest absolute Gasteiger partial charge is 0.350 e. The topological polar surface area (TPSA) is 96.9 Å². The highest BCUT2D eigenvalue weighted by atomic mass is 19.1. The summed E-state index contributed by atoms with van der Waals surface area (Å²) in [5.74, 6) is -0.567. The predicted molar refractivity (Wildman–Crippen MR) is 132 cm³/mol. The summed E-state index contributed by atoms with van der Waals surface area (Å²) >= 11 is 0. The van der Waals surface area contributed by atoms with Gasteiger partial charge in [-0.05, 0) is 61.2 Å². The van der Waals surface area contributed by atoms with Crippen molar-refractivity contribution in [1.82, 2.24) is 10.3 Å². The Morgan fingerprint density at radius 1 is 1.00 bits per heavy atom. The number of carbonyl (C=O) groups excluding carboxylic acids is 1. The fourth-order valence-corrected chi connectivity index (χ4v) is 4.00. The van der Waals surface area contributed by atoms with E-state index < -0.39 is 0 Å². The van der Waals surface area contributed by atoms with Gasteiger partial charge in [0, 0.05) is 29.1 Å². The molecule has 4 rings (SSSR count). The average molecular weight is 445 g/mol. The van der Waals surface area contributed by atoms with E-state index in [0.717, 1.165) is 46.0 Å². The number of aromatic amines is 1. The fraction of sp³-hybridized carbons (Fsp3) is 0.222. The Morgan fingerprint density at radius 2 is 1.67 bits per heavy atom. The summed E-state index contributed by atoms with van der Waals surface area (Å²) in [6.45, 7) is 2.98. The normalized spacial score (nSPS) is 12.1. The zero-order chi connectivity index (χ0) is 23.4. The number of nitrogens with one attached hydrogen (secondary N) is 2. The van der Waals surface area contributed by atoms with Crippen molar-refractivity contribution < 1.29 is 9.18 Å². The van der Waals surface area contributed by atoms with Crippen LogP contribution in [0.15, 0.2) is 66.7 Å². The molecular weight excluding hydrogens is 415 g/mol. The Balaban J connectivity index is 1.73. The molecule has 0 aliphatic rings. The third kappa shape index (κ3) is 5.13. The van der Waals surface area contributed by atoms with Crippen LogP contribution >= 0.6 is 0 Å². The Bertz CT molecular complexity index is 1250. The minimum Gasteiger partial charge on any atom is -0.350 e. The smallest absolute Gasteiger partial charge is 0.268 e. The number of nitrogens with two attached hydrogens (primary N) is 2. The first-order valence-corrected chi connectivity index (χ1v) is 11.2. The van der Waals surface area contributed by atoms with Crippen molar-refractivity contribution >= 4 is 16.8 Å². The lowest BCUT2D eigenvalue weighted by Gasteiger charge is -2.12. The number of hydrogen-bond acceptors (Lipinski definition) is 3. The average Bonchev–Trinajstić information content (AvgIpc) is 3.21. The highest BCUT2D eigenvalue weighted by Crippen LogP contribution is 2.35. The Labute approximate surface area is 193 Å². The molecular formula is C27H29FN4O. The number of halogens is 1. The summed E-state index contributed by atoms with van der Waals surface area (Å²) in [4.78, 5) is 16.4. The third-order valence-electron chi connectivity index (χ3n) is 5.85. The molecule has 0 radical (unpaired) electrons. The van der Waals surface area contributed by atoms with Gasteiger partial charge in [-0.25, -0.2) is 4.39 Å². The first-order chi connectivity index (χ1) is 16.0. The lowest BCUT2D eigenvalue weighted by atomic mass is 9.98. The Kier molecular flexibility index (Phi) is 6.87. The highest BCUT2D eigenvalue weighted by Gasteiger charge is 2.20. The Hall–Kier alpha value is -3.48. The lowest BCUT2D eigenvalue weighted by Crippen LogP contribution is -2.37. The number of aryl methyl sites for hydroxylation is 1. The second-order valence-corrected chi connectivity index (χ2v) is 8.41. The van der Waals surface area contributed by atoms with Crippen molar-refractivity contribution in [2.75, 3.05) is 13.1 Å². The minimum atomic E-state index is -0.322. The van der Waals surface area contributed by atoms with Crippen LogP contribution in [0.25, 0.3) is 33.2 Å². The molecule has 0 unspecified atom stereocenters. The first-order valence-electron chi connectivity index (χ1n) is 11.2. The molecule has 0 aliphatic heterocycles. The second-order valence-electron chi connectivity index (χ2n) is 8.41. The van der Waals surface area contributed by atoms with E-state index in [1.807, 2.05) is 18.2 Å². The van der Waals surface area contributed by atoms with Gasteiger partial charge in [-0.1, -0.05) is 54.1 Å². The van der Waals surface area contributed by atoms with Gasteiger partial charge in [0.1, 0.15) is 11.5 Å². The quantitative estimate of drug-likeness (QED) is 0.316. The molecule has 170 valence electrons. The number of fused-ring (bicyclic) bond motifs is 1. The fourth-order valence-electron chi connectivity index (χ4n) is 4.00. The summed E-state index contributed by atoms with van der Waals surface area (Å²) in [5.41, 5.74) is 17.8. The van der Waals surface area contributed by atoms with E-state index in [9.17, 15) is 9.18 Å². The van der Waals surface area contributed by atoms with Crippen LogP contribution in [0.2, 0.25) is 0 Å². The SMILES string of the molecule is Cc1ccc(-c2ccc3c(-c4ccc(F)cc4)c(C(=O)NC[C@H](N)CCCN)[nH]c3c2)cc1. The van der Waals surface area contributed by atoms with Gasteiger partial charge in [0.15, 0.2) is 0 Å². The summed E-state index contributed by atoms with van der Waals surface area (Å²) in [7, 11) is 0. The molecule has 0 saturated carbocycles. The van der Waals surface area contributed by atoms with Crippen LogP contribution in [0.1, 0.15) is 28.9 Å². The van der Waals surface area contributed by atoms with Gasteiger partial charge in [0.05, 0.1) is 0 Å². The molecule has 3 aromatic carbocycles. The van der Waals surface area contributed by atoms with Crippen LogP contribution in [-0.4, -0.2) is 30.0 Å². The first kappa shape index (κ1) is 22.7. The van der Waals surface area contributed by atoms with E-state index in [1.54, 1.807) is 12.1 Å². The molecule has 33 heavy (non-hydrogen) atoms. The predicted octanol–water partition coefficient (Wildman–Crippen LogP) is 4.75. The van der Waals surface area contributed by atoms with E-state index in [1.165, 1.54) is 17.7 Å². The summed E-state index contributed by atoms with van der Waals surface area (Å²) in [6.07, 6.45) is 1.56. The van der Waals surface area contributed by atoms with Crippen molar-refractivity contribution in [3.05, 3.63) is 83.8 Å². The summed E-state index contributed by atoms with van der Waals surface area (Å²) < 4.78 is 13.6. The zero-order valence-electron chi connectivity index (χ0n) is 18.7. The molecule has 0 saturated heterocycles. The van der Waals surface area contributed by atoms with E-state index in [0.29, 0.717) is 18.8 Å². The zero-order valence-corrected chi connectivity index (χ0v) is 18.7. The maximum Gasteiger partial charge on any atom is 0.268 e. The number of aromatic nitrogens is 1. The van der Waals surface area contributed by atoms with Gasteiger partial charge in [-0.2, -0.15) is 0 Å². The summed E-state index contributed by atoms with van der Waals surface area (Å²) in [6, 6.07) is 20.4. The molecule has 1 atom stereocenters. The van der Waals surface area contributed by atoms with E-state index in [4.69, 9.17) is 11.5 Å². The van der Waals surface area contributed by atoms with Crippen LogP contribution in [-0.2, 0) is 0 Å². The van der Waals surface area contributed by atoms with Gasteiger partial charge < -0.3 is 21.8 Å². The number of H-pyrrole nitrogens is 1. The van der Waals surface area contributed by atoms with Gasteiger partial charge in [-0.15, -0.1) is 0 Å². The van der Waals surface area contributed by atoms with Gasteiger partial charge in [0.25, 0.3) is 5.91 Å². The second kappa shape index (κ2) is 9.98. The third-order valence-corrected chi connectivity index (χ3v) is 5.85. The maximum atomic E-state index is 13.6. The molecule has 5 nitrogen and oxygen atoms in total. The molecule has 0 fully saturated rings. The van der Waals surface area contributed by atoms with Gasteiger partial charge in [-0.3, -0.25) is 4.79 Å². The van der Waals surface area contributed by atoms with E-state index >= 15 is 0 Å². The molecule has 6 N–H and O–H groups in total.